The monoisotopic (exact) mass is 292 g/mol. The number of hydrogen-bond donors (Lipinski definition) is 1. The number of nitro groups is 1. The van der Waals surface area contributed by atoms with Crippen molar-refractivity contribution < 1.29 is 14.2 Å². The molecule has 0 saturated carbocycles. The summed E-state index contributed by atoms with van der Waals surface area (Å²) in [6.45, 7) is 2.21. The molecule has 2 rings (SSSR count). The van der Waals surface area contributed by atoms with E-state index in [1.54, 1.807) is 13.2 Å². The van der Waals surface area contributed by atoms with Crippen LogP contribution in [0.4, 0.5) is 5.69 Å². The number of rotatable bonds is 6. The zero-order chi connectivity index (χ0) is 15.4. The average molecular weight is 292 g/mol. The molecule has 1 aromatic heterocycles. The zero-order valence-electron chi connectivity index (χ0n) is 11.8. The second-order valence-electron chi connectivity index (χ2n) is 4.69. The van der Waals surface area contributed by atoms with Crippen molar-refractivity contribution in [1.29, 1.82) is 0 Å². The zero-order valence-corrected chi connectivity index (χ0v) is 11.8. The number of aromatic nitrogens is 2. The molecule has 1 heterocycles. The van der Waals surface area contributed by atoms with E-state index < -0.39 is 4.92 Å². The molecule has 21 heavy (non-hydrogen) atoms. The van der Waals surface area contributed by atoms with Crippen LogP contribution in [0, 0.1) is 17.0 Å². The van der Waals surface area contributed by atoms with Gasteiger partial charge < -0.3 is 15.0 Å². The van der Waals surface area contributed by atoms with Crippen LogP contribution in [0.15, 0.2) is 22.7 Å². The van der Waals surface area contributed by atoms with Crippen molar-refractivity contribution in [2.24, 2.45) is 5.73 Å². The summed E-state index contributed by atoms with van der Waals surface area (Å²) in [4.78, 5) is 14.6. The quantitative estimate of drug-likeness (QED) is 0.632. The van der Waals surface area contributed by atoms with Crippen LogP contribution in [-0.4, -0.2) is 34.8 Å². The minimum Gasteiger partial charge on any atom is -0.383 e. The maximum Gasteiger partial charge on any atom is 0.270 e. The molecule has 0 spiro atoms. The fourth-order valence-corrected chi connectivity index (χ4v) is 1.91. The Morgan fingerprint density at radius 1 is 1.52 bits per heavy atom. The van der Waals surface area contributed by atoms with E-state index in [4.69, 9.17) is 15.0 Å². The van der Waals surface area contributed by atoms with Gasteiger partial charge in [-0.3, -0.25) is 10.1 Å². The molecule has 1 unspecified atom stereocenters. The molecule has 8 heteroatoms. The van der Waals surface area contributed by atoms with Gasteiger partial charge in [-0.1, -0.05) is 11.2 Å². The van der Waals surface area contributed by atoms with E-state index in [2.05, 4.69) is 10.1 Å². The van der Waals surface area contributed by atoms with Crippen LogP contribution in [0.25, 0.3) is 11.4 Å². The second kappa shape index (κ2) is 6.42. The van der Waals surface area contributed by atoms with Gasteiger partial charge in [-0.2, -0.15) is 4.98 Å². The largest absolute Gasteiger partial charge is 0.383 e. The van der Waals surface area contributed by atoms with Crippen molar-refractivity contribution >= 4 is 5.69 Å². The van der Waals surface area contributed by atoms with Crippen LogP contribution in [-0.2, 0) is 11.2 Å². The van der Waals surface area contributed by atoms with Crippen molar-refractivity contribution in [3.05, 3.63) is 39.8 Å². The van der Waals surface area contributed by atoms with Crippen LogP contribution in [0.1, 0.15) is 11.5 Å². The number of benzene rings is 1. The lowest BCUT2D eigenvalue weighted by molar-refractivity contribution is -0.384. The molecule has 0 amide bonds. The third-order valence-electron chi connectivity index (χ3n) is 2.96. The number of ether oxygens (including phenoxy) is 1. The molecule has 8 nitrogen and oxygen atoms in total. The molecule has 0 radical (unpaired) electrons. The highest BCUT2D eigenvalue weighted by Gasteiger charge is 2.16. The number of nitrogens with two attached hydrogens (primary N) is 1. The summed E-state index contributed by atoms with van der Waals surface area (Å²) >= 11 is 0. The lowest BCUT2D eigenvalue weighted by Gasteiger charge is -2.05. The molecule has 112 valence electrons. The predicted octanol–water partition coefficient (Wildman–Crippen LogP) is 1.47. The maximum absolute atomic E-state index is 10.8. The van der Waals surface area contributed by atoms with Gasteiger partial charge in [0.2, 0.25) is 11.7 Å². The van der Waals surface area contributed by atoms with Gasteiger partial charge in [0.05, 0.1) is 11.5 Å². The highest BCUT2D eigenvalue weighted by Crippen LogP contribution is 2.25. The van der Waals surface area contributed by atoms with Crippen molar-refractivity contribution in [2.45, 2.75) is 19.4 Å². The Morgan fingerprint density at radius 2 is 2.29 bits per heavy atom. The van der Waals surface area contributed by atoms with E-state index in [0.29, 0.717) is 30.3 Å². The fraction of sp³-hybridized carbons (Fsp3) is 0.385. The molecule has 0 aliphatic heterocycles. The normalized spacial score (nSPS) is 12.3. The van der Waals surface area contributed by atoms with Gasteiger partial charge in [-0.25, -0.2) is 0 Å². The molecule has 0 saturated heterocycles. The molecule has 0 aliphatic carbocycles. The minimum absolute atomic E-state index is 0.0157. The lowest BCUT2D eigenvalue weighted by atomic mass is 10.1. The number of hydrogen-bond acceptors (Lipinski definition) is 7. The first-order valence-electron chi connectivity index (χ1n) is 6.33. The van der Waals surface area contributed by atoms with E-state index in [1.165, 1.54) is 12.1 Å². The SMILES string of the molecule is COCC(N)Cc1nc(-c2cc([N+](=O)[O-])ccc2C)no1. The smallest absolute Gasteiger partial charge is 0.270 e. The van der Waals surface area contributed by atoms with Crippen LogP contribution in [0.3, 0.4) is 0 Å². The second-order valence-corrected chi connectivity index (χ2v) is 4.69. The van der Waals surface area contributed by atoms with Crippen LogP contribution in [0.5, 0.6) is 0 Å². The van der Waals surface area contributed by atoms with Crippen molar-refractivity contribution in [1.82, 2.24) is 10.1 Å². The number of nitro benzene ring substituents is 1. The first-order valence-corrected chi connectivity index (χ1v) is 6.33. The summed E-state index contributed by atoms with van der Waals surface area (Å²) < 4.78 is 10.1. The Morgan fingerprint density at radius 3 is 2.95 bits per heavy atom. The molecule has 0 aliphatic rings. The molecule has 1 atom stereocenters. The predicted molar refractivity (Wildman–Crippen MR) is 74.7 cm³/mol. The van der Waals surface area contributed by atoms with Gasteiger partial charge in [0, 0.05) is 37.3 Å². The topological polar surface area (TPSA) is 117 Å². The van der Waals surface area contributed by atoms with Crippen LogP contribution in [0.2, 0.25) is 0 Å². The van der Waals surface area contributed by atoms with E-state index in [-0.39, 0.29) is 11.7 Å². The Balaban J connectivity index is 2.25. The number of nitrogens with zero attached hydrogens (tertiary/aromatic N) is 3. The van der Waals surface area contributed by atoms with Crippen LogP contribution < -0.4 is 5.73 Å². The average Bonchev–Trinajstić information content (AvgIpc) is 2.87. The van der Waals surface area contributed by atoms with Crippen molar-refractivity contribution in [2.75, 3.05) is 13.7 Å². The van der Waals surface area contributed by atoms with E-state index in [0.717, 1.165) is 5.56 Å². The molecule has 2 N–H and O–H groups in total. The summed E-state index contributed by atoms with van der Waals surface area (Å²) in [5.41, 5.74) is 7.20. The number of methoxy groups -OCH3 is 1. The molecular formula is C13H16N4O4. The summed E-state index contributed by atoms with van der Waals surface area (Å²) in [5, 5.41) is 14.7. The number of non-ortho nitro benzene ring substituents is 1. The summed E-state index contributed by atoms with van der Waals surface area (Å²) in [7, 11) is 1.56. The third-order valence-corrected chi connectivity index (χ3v) is 2.96. The Bertz CT molecular complexity index is 641. The van der Waals surface area contributed by atoms with E-state index in [9.17, 15) is 10.1 Å². The van der Waals surface area contributed by atoms with E-state index in [1.807, 2.05) is 6.92 Å². The van der Waals surface area contributed by atoms with E-state index >= 15 is 0 Å². The highest BCUT2D eigenvalue weighted by atomic mass is 16.6. The lowest BCUT2D eigenvalue weighted by Crippen LogP contribution is -2.28. The summed E-state index contributed by atoms with van der Waals surface area (Å²) in [6.07, 6.45) is 0.384. The first kappa shape index (κ1) is 15.1. The summed E-state index contributed by atoms with van der Waals surface area (Å²) in [6, 6.07) is 4.28. The van der Waals surface area contributed by atoms with Gasteiger partial charge in [0.15, 0.2) is 0 Å². The number of aryl methyl sites for hydroxylation is 1. The van der Waals surface area contributed by atoms with Gasteiger partial charge in [-0.15, -0.1) is 0 Å². The van der Waals surface area contributed by atoms with Crippen LogP contribution >= 0.6 is 0 Å². The Kier molecular flexibility index (Phi) is 4.61. The molecule has 1 aromatic carbocycles. The van der Waals surface area contributed by atoms with Crippen molar-refractivity contribution in [3.8, 4) is 11.4 Å². The molecule has 0 fully saturated rings. The minimum atomic E-state index is -0.460. The summed E-state index contributed by atoms with van der Waals surface area (Å²) in [5.74, 6) is 0.691. The molecular weight excluding hydrogens is 276 g/mol. The Hall–Kier alpha value is -2.32. The third kappa shape index (κ3) is 3.61. The van der Waals surface area contributed by atoms with Gasteiger partial charge >= 0.3 is 0 Å². The molecule has 0 bridgehead atoms. The first-order chi connectivity index (χ1) is 10.0. The van der Waals surface area contributed by atoms with Gasteiger partial charge in [-0.05, 0) is 12.5 Å². The van der Waals surface area contributed by atoms with Gasteiger partial charge in [0.25, 0.3) is 5.69 Å². The maximum atomic E-state index is 10.8. The highest BCUT2D eigenvalue weighted by molar-refractivity contribution is 5.63. The fourth-order valence-electron chi connectivity index (χ4n) is 1.91. The van der Waals surface area contributed by atoms with Crippen molar-refractivity contribution in [3.63, 3.8) is 0 Å². The van der Waals surface area contributed by atoms with Gasteiger partial charge in [0.1, 0.15) is 0 Å². The standard InChI is InChI=1S/C13H16N4O4/c1-8-3-4-10(17(18)19)6-11(8)13-15-12(21-16-13)5-9(14)7-20-2/h3-4,6,9H,5,7,14H2,1-2H3. The Labute approximate surface area is 121 Å². The molecule has 2 aromatic rings.